The van der Waals surface area contributed by atoms with E-state index in [9.17, 15) is 4.79 Å². The van der Waals surface area contributed by atoms with Crippen molar-refractivity contribution in [2.75, 3.05) is 0 Å². The number of imidazole rings is 1. The standard InChI is InChI=1S/C9H9N3O/c1-7-5-11-9(13)12(7)8-3-2-4-10-6-8/h2-6H,1H3,(H,11,13). The highest BCUT2D eigenvalue weighted by molar-refractivity contribution is 5.29. The first-order valence-corrected chi connectivity index (χ1v) is 3.96. The molecule has 0 bridgehead atoms. The molecule has 2 aromatic rings. The third-order valence-corrected chi connectivity index (χ3v) is 1.86. The Balaban J connectivity index is 2.65. The lowest BCUT2D eigenvalue weighted by molar-refractivity contribution is 0.940. The van der Waals surface area contributed by atoms with Crippen LogP contribution in [0.25, 0.3) is 5.69 Å². The summed E-state index contributed by atoms with van der Waals surface area (Å²) in [5.41, 5.74) is 1.52. The molecule has 13 heavy (non-hydrogen) atoms. The first-order chi connectivity index (χ1) is 6.29. The van der Waals surface area contributed by atoms with Gasteiger partial charge < -0.3 is 4.98 Å². The van der Waals surface area contributed by atoms with Crippen LogP contribution in [-0.2, 0) is 0 Å². The number of nitrogens with zero attached hydrogens (tertiary/aromatic N) is 2. The van der Waals surface area contributed by atoms with Crippen LogP contribution in [0.4, 0.5) is 0 Å². The summed E-state index contributed by atoms with van der Waals surface area (Å²) in [4.78, 5) is 17.9. The number of H-pyrrole nitrogens is 1. The summed E-state index contributed by atoms with van der Waals surface area (Å²) in [7, 11) is 0. The Labute approximate surface area is 74.9 Å². The molecule has 0 saturated carbocycles. The van der Waals surface area contributed by atoms with E-state index < -0.39 is 0 Å². The van der Waals surface area contributed by atoms with Gasteiger partial charge in [0.25, 0.3) is 0 Å². The van der Waals surface area contributed by atoms with Crippen molar-refractivity contribution < 1.29 is 0 Å². The summed E-state index contributed by atoms with van der Waals surface area (Å²) >= 11 is 0. The molecule has 0 aliphatic carbocycles. The molecule has 0 saturated heterocycles. The van der Waals surface area contributed by atoms with Crippen molar-refractivity contribution in [3.8, 4) is 5.69 Å². The molecule has 0 unspecified atom stereocenters. The summed E-state index contributed by atoms with van der Waals surface area (Å²) in [6.07, 6.45) is 5.01. The van der Waals surface area contributed by atoms with Crippen LogP contribution in [-0.4, -0.2) is 14.5 Å². The summed E-state index contributed by atoms with van der Waals surface area (Å²) in [5.74, 6) is 0. The SMILES string of the molecule is Cc1c[nH]c(=O)n1-c1cccnc1. The number of aromatic amines is 1. The maximum Gasteiger partial charge on any atom is 0.330 e. The van der Waals surface area contributed by atoms with Crippen molar-refractivity contribution in [2.24, 2.45) is 0 Å². The van der Waals surface area contributed by atoms with Crippen LogP contribution in [0.3, 0.4) is 0 Å². The van der Waals surface area contributed by atoms with Crippen molar-refractivity contribution in [1.82, 2.24) is 14.5 Å². The molecule has 2 aromatic heterocycles. The molecular weight excluding hydrogens is 166 g/mol. The molecular formula is C9H9N3O. The second kappa shape index (κ2) is 2.90. The number of nitrogens with one attached hydrogen (secondary N) is 1. The maximum absolute atomic E-state index is 11.3. The molecule has 0 aromatic carbocycles. The van der Waals surface area contributed by atoms with E-state index in [2.05, 4.69) is 9.97 Å². The van der Waals surface area contributed by atoms with Gasteiger partial charge in [0.1, 0.15) is 0 Å². The predicted molar refractivity (Wildman–Crippen MR) is 48.9 cm³/mol. The van der Waals surface area contributed by atoms with E-state index in [0.717, 1.165) is 11.4 Å². The molecule has 0 aliphatic heterocycles. The number of hydrogen-bond acceptors (Lipinski definition) is 2. The van der Waals surface area contributed by atoms with Crippen molar-refractivity contribution in [2.45, 2.75) is 6.92 Å². The molecule has 4 nitrogen and oxygen atoms in total. The van der Waals surface area contributed by atoms with Crippen molar-refractivity contribution in [1.29, 1.82) is 0 Å². The fourth-order valence-corrected chi connectivity index (χ4v) is 1.26. The summed E-state index contributed by atoms with van der Waals surface area (Å²) < 4.78 is 1.58. The van der Waals surface area contributed by atoms with Gasteiger partial charge in [0.15, 0.2) is 0 Å². The molecule has 2 rings (SSSR count). The first-order valence-electron chi connectivity index (χ1n) is 3.96. The van der Waals surface area contributed by atoms with Crippen molar-refractivity contribution in [3.05, 3.63) is 46.9 Å². The number of aryl methyl sites for hydroxylation is 1. The van der Waals surface area contributed by atoms with Gasteiger partial charge in [0.05, 0.1) is 11.9 Å². The Morgan fingerprint density at radius 2 is 2.38 bits per heavy atom. The largest absolute Gasteiger partial charge is 0.330 e. The Morgan fingerprint density at radius 1 is 1.54 bits per heavy atom. The Bertz CT molecular complexity index is 455. The number of hydrogen-bond donors (Lipinski definition) is 1. The normalized spacial score (nSPS) is 10.2. The first kappa shape index (κ1) is 7.79. The summed E-state index contributed by atoms with van der Waals surface area (Å²) in [5, 5.41) is 0. The zero-order chi connectivity index (χ0) is 9.26. The highest BCUT2D eigenvalue weighted by Gasteiger charge is 2.02. The average Bonchev–Trinajstić information content (AvgIpc) is 2.48. The van der Waals surface area contributed by atoms with E-state index in [1.165, 1.54) is 0 Å². The monoisotopic (exact) mass is 175 g/mol. The molecule has 0 amide bonds. The molecule has 0 atom stereocenters. The number of aromatic nitrogens is 3. The van der Waals surface area contributed by atoms with Crippen LogP contribution in [0, 0.1) is 6.92 Å². The van der Waals surface area contributed by atoms with Gasteiger partial charge in [-0.1, -0.05) is 0 Å². The minimum atomic E-state index is -0.134. The van der Waals surface area contributed by atoms with E-state index in [1.54, 1.807) is 29.2 Å². The van der Waals surface area contributed by atoms with Crippen LogP contribution in [0.2, 0.25) is 0 Å². The van der Waals surface area contributed by atoms with Gasteiger partial charge in [-0.3, -0.25) is 9.55 Å². The molecule has 0 radical (unpaired) electrons. The molecule has 1 N–H and O–H groups in total. The van der Waals surface area contributed by atoms with Crippen molar-refractivity contribution >= 4 is 0 Å². The van der Waals surface area contributed by atoms with E-state index in [0.29, 0.717) is 0 Å². The Hall–Kier alpha value is -1.84. The van der Waals surface area contributed by atoms with Gasteiger partial charge in [-0.05, 0) is 19.1 Å². The maximum atomic E-state index is 11.3. The van der Waals surface area contributed by atoms with Gasteiger partial charge >= 0.3 is 5.69 Å². The van der Waals surface area contributed by atoms with Gasteiger partial charge in [-0.2, -0.15) is 0 Å². The zero-order valence-electron chi connectivity index (χ0n) is 7.19. The smallest absolute Gasteiger partial charge is 0.312 e. The van der Waals surface area contributed by atoms with Gasteiger partial charge in [0, 0.05) is 18.1 Å². The summed E-state index contributed by atoms with van der Waals surface area (Å²) in [6.45, 7) is 1.87. The van der Waals surface area contributed by atoms with Gasteiger partial charge in [-0.15, -0.1) is 0 Å². The number of pyridine rings is 1. The Morgan fingerprint density at radius 3 is 2.92 bits per heavy atom. The lowest BCUT2D eigenvalue weighted by Gasteiger charge is -2.01. The molecule has 66 valence electrons. The average molecular weight is 175 g/mol. The minimum absolute atomic E-state index is 0.134. The third-order valence-electron chi connectivity index (χ3n) is 1.86. The second-order valence-corrected chi connectivity index (χ2v) is 2.78. The van der Waals surface area contributed by atoms with Crippen molar-refractivity contribution in [3.63, 3.8) is 0 Å². The molecule has 0 fully saturated rings. The predicted octanol–water partition coefficient (Wildman–Crippen LogP) is 0.869. The lowest BCUT2D eigenvalue weighted by Crippen LogP contribution is -2.15. The fourth-order valence-electron chi connectivity index (χ4n) is 1.26. The third kappa shape index (κ3) is 1.26. The molecule has 2 heterocycles. The van der Waals surface area contributed by atoms with E-state index >= 15 is 0 Å². The number of rotatable bonds is 1. The van der Waals surface area contributed by atoms with Crippen LogP contribution in [0.1, 0.15) is 5.69 Å². The van der Waals surface area contributed by atoms with Gasteiger partial charge in [0.2, 0.25) is 0 Å². The van der Waals surface area contributed by atoms with Crippen LogP contribution in [0.5, 0.6) is 0 Å². The minimum Gasteiger partial charge on any atom is -0.312 e. The second-order valence-electron chi connectivity index (χ2n) is 2.78. The van der Waals surface area contributed by atoms with E-state index in [4.69, 9.17) is 0 Å². The van der Waals surface area contributed by atoms with Gasteiger partial charge in [-0.25, -0.2) is 4.79 Å². The van der Waals surface area contributed by atoms with Crippen LogP contribution >= 0.6 is 0 Å². The fraction of sp³-hybridized carbons (Fsp3) is 0.111. The molecule has 0 aliphatic rings. The topological polar surface area (TPSA) is 50.7 Å². The molecule has 0 spiro atoms. The highest BCUT2D eigenvalue weighted by atomic mass is 16.1. The molecule has 4 heteroatoms. The van der Waals surface area contributed by atoms with E-state index in [1.807, 2.05) is 13.0 Å². The Kier molecular flexibility index (Phi) is 1.73. The lowest BCUT2D eigenvalue weighted by atomic mass is 10.4. The zero-order valence-corrected chi connectivity index (χ0v) is 7.19. The van der Waals surface area contributed by atoms with E-state index in [-0.39, 0.29) is 5.69 Å². The quantitative estimate of drug-likeness (QED) is 0.699. The van der Waals surface area contributed by atoms with Crippen LogP contribution < -0.4 is 5.69 Å². The summed E-state index contributed by atoms with van der Waals surface area (Å²) in [6, 6.07) is 3.64. The highest BCUT2D eigenvalue weighted by Crippen LogP contribution is 2.04. The van der Waals surface area contributed by atoms with Crippen LogP contribution in [0.15, 0.2) is 35.5 Å².